The highest BCUT2D eigenvalue weighted by Gasteiger charge is 2.23. The van der Waals surface area contributed by atoms with Gasteiger partial charge in [0.05, 0.1) is 13.7 Å². The summed E-state index contributed by atoms with van der Waals surface area (Å²) in [6.45, 7) is 3.35. The van der Waals surface area contributed by atoms with E-state index in [0.29, 0.717) is 19.7 Å². The fourth-order valence-electron chi connectivity index (χ4n) is 3.22. The highest BCUT2D eigenvalue weighted by atomic mass is 16.5. The number of benzene rings is 1. The molecule has 0 fully saturated rings. The minimum atomic E-state index is -0.0796. The summed E-state index contributed by atoms with van der Waals surface area (Å²) in [5.41, 5.74) is 1.88. The van der Waals surface area contributed by atoms with Crippen LogP contribution in [0, 0.1) is 12.8 Å². The van der Waals surface area contributed by atoms with Crippen molar-refractivity contribution in [2.45, 2.75) is 26.3 Å². The second kappa shape index (κ2) is 8.08. The van der Waals surface area contributed by atoms with Crippen LogP contribution >= 0.6 is 0 Å². The Labute approximate surface area is 152 Å². The number of nitrogens with zero attached hydrogens (tertiary/aromatic N) is 1. The zero-order valence-electron chi connectivity index (χ0n) is 15.2. The molecule has 0 aliphatic carbocycles. The van der Waals surface area contributed by atoms with Crippen molar-refractivity contribution >= 4 is 5.91 Å². The number of para-hydroxylation sites is 1. The highest BCUT2D eigenvalue weighted by molar-refractivity contribution is 5.75. The summed E-state index contributed by atoms with van der Waals surface area (Å²) in [6, 6.07) is 11.0. The predicted molar refractivity (Wildman–Crippen MR) is 98.7 cm³/mol. The van der Waals surface area contributed by atoms with Crippen LogP contribution in [0.25, 0.3) is 0 Å². The summed E-state index contributed by atoms with van der Waals surface area (Å²) in [5.74, 6) is 1.71. The number of carbonyl (C=O) groups is 1. The first-order valence-corrected chi connectivity index (χ1v) is 8.80. The largest absolute Gasteiger partial charge is 0.493 e. The summed E-state index contributed by atoms with van der Waals surface area (Å²) in [5, 5.41) is 2.96. The van der Waals surface area contributed by atoms with E-state index in [2.05, 4.69) is 5.32 Å². The molecule has 1 aliphatic heterocycles. The lowest BCUT2D eigenvalue weighted by molar-refractivity contribution is -0.121. The summed E-state index contributed by atoms with van der Waals surface area (Å²) in [7, 11) is 1.63. The molecule has 2 heterocycles. The number of hydrogen-bond acceptors (Lipinski definition) is 4. The smallest absolute Gasteiger partial charge is 0.250 e. The van der Waals surface area contributed by atoms with Crippen LogP contribution in [0.2, 0.25) is 0 Å². The number of nitrogens with one attached hydrogen (secondary N) is 1. The molecule has 0 saturated heterocycles. The Morgan fingerprint density at radius 3 is 2.88 bits per heavy atom. The van der Waals surface area contributed by atoms with Gasteiger partial charge >= 0.3 is 0 Å². The van der Waals surface area contributed by atoms with E-state index in [1.54, 1.807) is 17.7 Å². The molecule has 3 rings (SSSR count). The van der Waals surface area contributed by atoms with Crippen molar-refractivity contribution in [1.82, 2.24) is 9.88 Å². The number of hydrogen-bond donors (Lipinski definition) is 1. The first kappa shape index (κ1) is 18.0. The van der Waals surface area contributed by atoms with Crippen LogP contribution in [0.5, 0.6) is 11.5 Å². The van der Waals surface area contributed by atoms with Crippen LogP contribution in [-0.2, 0) is 17.8 Å². The van der Waals surface area contributed by atoms with Crippen LogP contribution < -0.4 is 20.3 Å². The Morgan fingerprint density at radius 2 is 2.12 bits per heavy atom. The number of pyridine rings is 1. The molecule has 1 amide bonds. The second-order valence-corrected chi connectivity index (χ2v) is 6.54. The van der Waals surface area contributed by atoms with Gasteiger partial charge in [-0.1, -0.05) is 18.2 Å². The maximum Gasteiger partial charge on any atom is 0.250 e. The standard InChI is InChI=1S/C20H24N2O4/c1-14-5-3-8-19(24)22(14)10-9-18(23)21-12-15-11-16-6-4-7-17(25-2)20(16)26-13-15/h3-8,15H,9-13H2,1-2H3,(H,21,23). The number of ether oxygens (including phenoxy) is 2. The van der Waals surface area contributed by atoms with E-state index < -0.39 is 0 Å². The van der Waals surface area contributed by atoms with E-state index in [1.165, 1.54) is 6.07 Å². The third-order valence-electron chi connectivity index (χ3n) is 4.67. The van der Waals surface area contributed by atoms with Gasteiger partial charge < -0.3 is 19.4 Å². The molecule has 26 heavy (non-hydrogen) atoms. The molecule has 1 N–H and O–H groups in total. The average molecular weight is 356 g/mol. The Hall–Kier alpha value is -2.76. The van der Waals surface area contributed by atoms with Crippen molar-refractivity contribution in [3.05, 3.63) is 58.0 Å². The average Bonchev–Trinajstić information content (AvgIpc) is 2.65. The maximum absolute atomic E-state index is 12.1. The maximum atomic E-state index is 12.1. The fourth-order valence-corrected chi connectivity index (χ4v) is 3.22. The van der Waals surface area contributed by atoms with E-state index >= 15 is 0 Å². The molecule has 1 aromatic heterocycles. The number of aromatic nitrogens is 1. The van der Waals surface area contributed by atoms with Gasteiger partial charge in [-0.25, -0.2) is 0 Å². The predicted octanol–water partition coefficient (Wildman–Crippen LogP) is 1.92. The van der Waals surface area contributed by atoms with Crippen LogP contribution in [0.4, 0.5) is 0 Å². The lowest BCUT2D eigenvalue weighted by atomic mass is 9.96. The second-order valence-electron chi connectivity index (χ2n) is 6.54. The molecule has 6 nitrogen and oxygen atoms in total. The first-order chi connectivity index (χ1) is 12.6. The van der Waals surface area contributed by atoms with Gasteiger partial charge in [-0.15, -0.1) is 0 Å². The minimum absolute atomic E-state index is 0.0587. The zero-order chi connectivity index (χ0) is 18.5. The number of carbonyl (C=O) groups excluding carboxylic acids is 1. The van der Waals surface area contributed by atoms with Crippen molar-refractivity contribution in [3.8, 4) is 11.5 Å². The summed E-state index contributed by atoms with van der Waals surface area (Å²) in [4.78, 5) is 24.0. The van der Waals surface area contributed by atoms with Gasteiger partial charge in [-0.3, -0.25) is 9.59 Å². The van der Waals surface area contributed by atoms with Crippen molar-refractivity contribution in [1.29, 1.82) is 0 Å². The van der Waals surface area contributed by atoms with E-state index in [0.717, 1.165) is 29.2 Å². The molecular weight excluding hydrogens is 332 g/mol. The monoisotopic (exact) mass is 356 g/mol. The van der Waals surface area contributed by atoms with Gasteiger partial charge in [0.15, 0.2) is 11.5 Å². The quantitative estimate of drug-likeness (QED) is 0.859. The molecule has 2 aromatic rings. The Morgan fingerprint density at radius 1 is 1.31 bits per heavy atom. The van der Waals surface area contributed by atoms with Crippen molar-refractivity contribution in [3.63, 3.8) is 0 Å². The van der Waals surface area contributed by atoms with E-state index in [1.807, 2.05) is 31.2 Å². The van der Waals surface area contributed by atoms with Crippen LogP contribution in [0.15, 0.2) is 41.2 Å². The molecule has 0 radical (unpaired) electrons. The van der Waals surface area contributed by atoms with Crippen LogP contribution in [0.1, 0.15) is 17.7 Å². The summed E-state index contributed by atoms with van der Waals surface area (Å²) in [6.07, 6.45) is 1.12. The van der Waals surface area contributed by atoms with E-state index in [4.69, 9.17) is 9.47 Å². The first-order valence-electron chi connectivity index (χ1n) is 8.80. The Kier molecular flexibility index (Phi) is 5.61. The fraction of sp³-hybridized carbons (Fsp3) is 0.400. The van der Waals surface area contributed by atoms with Crippen LogP contribution in [-0.4, -0.2) is 30.7 Å². The van der Waals surface area contributed by atoms with Crippen molar-refractivity contribution < 1.29 is 14.3 Å². The Bertz CT molecular complexity index is 844. The lowest BCUT2D eigenvalue weighted by Crippen LogP contribution is -2.35. The highest BCUT2D eigenvalue weighted by Crippen LogP contribution is 2.35. The molecule has 1 atom stereocenters. The van der Waals surface area contributed by atoms with Crippen molar-refractivity contribution in [2.75, 3.05) is 20.3 Å². The molecule has 0 bridgehead atoms. The number of aryl methyl sites for hydroxylation is 1. The molecule has 0 spiro atoms. The summed E-state index contributed by atoms with van der Waals surface area (Å²) < 4.78 is 12.8. The molecule has 0 saturated carbocycles. The number of amides is 1. The number of rotatable bonds is 6. The number of fused-ring (bicyclic) bond motifs is 1. The number of methoxy groups -OCH3 is 1. The molecule has 6 heteroatoms. The molecule has 1 aromatic carbocycles. The normalized spacial score (nSPS) is 15.7. The van der Waals surface area contributed by atoms with Gasteiger partial charge in [-0.05, 0) is 31.0 Å². The van der Waals surface area contributed by atoms with Gasteiger partial charge in [0.1, 0.15) is 0 Å². The van der Waals surface area contributed by atoms with Gasteiger partial charge in [0.2, 0.25) is 5.91 Å². The molecule has 138 valence electrons. The van der Waals surface area contributed by atoms with Gasteiger partial charge in [0, 0.05) is 37.2 Å². The van der Waals surface area contributed by atoms with E-state index in [9.17, 15) is 9.59 Å². The summed E-state index contributed by atoms with van der Waals surface area (Å²) >= 11 is 0. The Balaban J connectivity index is 1.50. The van der Waals surface area contributed by atoms with Crippen molar-refractivity contribution in [2.24, 2.45) is 5.92 Å². The SMILES string of the molecule is COc1cccc2c1OCC(CNC(=O)CCn1c(C)cccc1=O)C2. The third kappa shape index (κ3) is 4.07. The minimum Gasteiger partial charge on any atom is -0.493 e. The topological polar surface area (TPSA) is 69.6 Å². The van der Waals surface area contributed by atoms with Gasteiger partial charge in [-0.2, -0.15) is 0 Å². The molecule has 1 unspecified atom stereocenters. The molecule has 1 aliphatic rings. The zero-order valence-corrected chi connectivity index (χ0v) is 15.2. The van der Waals surface area contributed by atoms with Gasteiger partial charge in [0.25, 0.3) is 5.56 Å². The molecular formula is C20H24N2O4. The lowest BCUT2D eigenvalue weighted by Gasteiger charge is -2.26. The van der Waals surface area contributed by atoms with E-state index in [-0.39, 0.29) is 23.8 Å². The van der Waals surface area contributed by atoms with Crippen LogP contribution in [0.3, 0.4) is 0 Å². The third-order valence-corrected chi connectivity index (χ3v) is 4.67.